The van der Waals surface area contributed by atoms with Crippen molar-refractivity contribution in [3.63, 3.8) is 0 Å². The fourth-order valence-corrected chi connectivity index (χ4v) is 4.57. The number of hydrogen-bond donors (Lipinski definition) is 0. The van der Waals surface area contributed by atoms with Crippen LogP contribution in [0.25, 0.3) is 10.9 Å². The van der Waals surface area contributed by atoms with E-state index < -0.39 is 23.2 Å². The summed E-state index contributed by atoms with van der Waals surface area (Å²) in [5.41, 5.74) is -4.25. The van der Waals surface area contributed by atoms with Crippen molar-refractivity contribution >= 4 is 45.9 Å². The SMILES string of the molecule is COc1ccc2c(c1F)c(OC(C)=O)c(C)n2C(=O)c1ccc(SC(F)(F)F)s1. The van der Waals surface area contributed by atoms with Gasteiger partial charge in [-0.25, -0.2) is 4.39 Å². The molecule has 1 aromatic carbocycles. The number of alkyl halides is 3. The number of esters is 1. The molecule has 154 valence electrons. The highest BCUT2D eigenvalue weighted by Crippen LogP contribution is 2.42. The number of thiophene rings is 1. The molecular weight excluding hydrogens is 434 g/mol. The van der Waals surface area contributed by atoms with Gasteiger partial charge in [-0.1, -0.05) is 0 Å². The van der Waals surface area contributed by atoms with Crippen molar-refractivity contribution in [1.29, 1.82) is 0 Å². The van der Waals surface area contributed by atoms with Gasteiger partial charge < -0.3 is 9.47 Å². The lowest BCUT2D eigenvalue weighted by atomic mass is 10.2. The summed E-state index contributed by atoms with van der Waals surface area (Å²) in [6.45, 7) is 2.57. The van der Waals surface area contributed by atoms with E-state index >= 15 is 0 Å². The van der Waals surface area contributed by atoms with Crippen LogP contribution in [0.1, 0.15) is 22.3 Å². The van der Waals surface area contributed by atoms with Crippen LogP contribution < -0.4 is 9.47 Å². The Labute approximate surface area is 170 Å². The number of benzene rings is 1. The van der Waals surface area contributed by atoms with E-state index in [1.165, 1.54) is 38.3 Å². The molecule has 11 heteroatoms. The van der Waals surface area contributed by atoms with Crippen molar-refractivity contribution in [2.24, 2.45) is 0 Å². The molecule has 29 heavy (non-hydrogen) atoms. The van der Waals surface area contributed by atoms with Crippen LogP contribution in [0.4, 0.5) is 17.6 Å². The predicted molar refractivity (Wildman–Crippen MR) is 100 cm³/mol. The van der Waals surface area contributed by atoms with E-state index in [0.717, 1.165) is 11.5 Å². The third-order valence-corrected chi connectivity index (χ3v) is 5.83. The molecule has 0 spiro atoms. The van der Waals surface area contributed by atoms with Crippen molar-refractivity contribution in [3.05, 3.63) is 40.7 Å². The summed E-state index contributed by atoms with van der Waals surface area (Å²) in [4.78, 5) is 24.5. The van der Waals surface area contributed by atoms with Crippen LogP contribution >= 0.6 is 23.1 Å². The van der Waals surface area contributed by atoms with E-state index in [4.69, 9.17) is 9.47 Å². The molecular formula is C18H13F4NO4S2. The summed E-state index contributed by atoms with van der Waals surface area (Å²) < 4.78 is 63.6. The van der Waals surface area contributed by atoms with Gasteiger partial charge >= 0.3 is 11.5 Å². The first kappa shape index (κ1) is 21.2. The lowest BCUT2D eigenvalue weighted by Crippen LogP contribution is -2.12. The lowest BCUT2D eigenvalue weighted by molar-refractivity contribution is -0.131. The van der Waals surface area contributed by atoms with Crippen LogP contribution in [0.15, 0.2) is 28.5 Å². The van der Waals surface area contributed by atoms with E-state index in [1.54, 1.807) is 0 Å². The topological polar surface area (TPSA) is 57.5 Å². The summed E-state index contributed by atoms with van der Waals surface area (Å²) in [7, 11) is 1.26. The second-order valence-electron chi connectivity index (χ2n) is 5.79. The number of carbonyl (C=O) groups is 2. The number of nitrogens with zero attached hydrogens (tertiary/aromatic N) is 1. The van der Waals surface area contributed by atoms with Crippen molar-refractivity contribution in [2.75, 3.05) is 7.11 Å². The maximum Gasteiger partial charge on any atom is 0.447 e. The van der Waals surface area contributed by atoms with E-state index in [1.807, 2.05) is 0 Å². The zero-order valence-electron chi connectivity index (χ0n) is 15.2. The van der Waals surface area contributed by atoms with Crippen molar-refractivity contribution in [3.8, 4) is 11.5 Å². The molecule has 3 rings (SSSR count). The van der Waals surface area contributed by atoms with Gasteiger partial charge in [-0.3, -0.25) is 14.2 Å². The average Bonchev–Trinajstić information content (AvgIpc) is 3.16. The van der Waals surface area contributed by atoms with Gasteiger partial charge in [0.2, 0.25) is 0 Å². The fourth-order valence-electron chi connectivity index (χ4n) is 2.81. The molecule has 2 heterocycles. The number of fused-ring (bicyclic) bond motifs is 1. The molecule has 0 N–H and O–H groups in total. The Morgan fingerprint density at radius 2 is 1.86 bits per heavy atom. The Bertz CT molecular complexity index is 1120. The smallest absolute Gasteiger partial charge is 0.447 e. The second-order valence-corrected chi connectivity index (χ2v) is 8.24. The monoisotopic (exact) mass is 447 g/mol. The van der Waals surface area contributed by atoms with Gasteiger partial charge in [0.05, 0.1) is 32.8 Å². The number of carbonyl (C=O) groups excluding carboxylic acids is 2. The summed E-state index contributed by atoms with van der Waals surface area (Å²) in [6, 6.07) is 5.16. The van der Waals surface area contributed by atoms with Gasteiger partial charge in [0.25, 0.3) is 5.91 Å². The van der Waals surface area contributed by atoms with Crippen LogP contribution in [0.5, 0.6) is 11.5 Å². The Kier molecular flexibility index (Phi) is 5.63. The number of rotatable bonds is 4. The maximum absolute atomic E-state index is 14.9. The Balaban J connectivity index is 2.16. The standard InChI is InChI=1S/C18H13F4NO4S2/c1-8-16(27-9(2)24)14-10(4-5-11(26-3)15(14)19)23(8)17(25)12-6-7-13(28-12)29-18(20,21)22/h4-7H,1-3H3. The largest absolute Gasteiger partial charge is 0.494 e. The minimum absolute atomic E-state index is 0.0161. The quantitative estimate of drug-likeness (QED) is 0.305. The van der Waals surface area contributed by atoms with Gasteiger partial charge in [-0.05, 0) is 43.0 Å². The molecule has 0 saturated carbocycles. The highest BCUT2D eigenvalue weighted by molar-refractivity contribution is 8.02. The molecule has 0 aliphatic heterocycles. The third kappa shape index (κ3) is 4.10. The van der Waals surface area contributed by atoms with E-state index in [-0.39, 0.29) is 48.9 Å². The minimum atomic E-state index is -4.48. The number of methoxy groups -OCH3 is 1. The molecule has 0 fully saturated rings. The first-order valence-corrected chi connectivity index (χ1v) is 9.63. The van der Waals surface area contributed by atoms with Crippen LogP contribution in [0.2, 0.25) is 0 Å². The van der Waals surface area contributed by atoms with Crippen molar-refractivity contribution in [2.45, 2.75) is 23.6 Å². The van der Waals surface area contributed by atoms with Crippen molar-refractivity contribution in [1.82, 2.24) is 4.57 Å². The molecule has 0 aliphatic carbocycles. The van der Waals surface area contributed by atoms with E-state index in [9.17, 15) is 27.2 Å². The minimum Gasteiger partial charge on any atom is -0.494 e. The normalized spacial score (nSPS) is 11.7. The predicted octanol–water partition coefficient (Wildman–Crippen LogP) is 5.38. The summed E-state index contributed by atoms with van der Waals surface area (Å²) in [5, 5.41) is -0.133. The Hall–Kier alpha value is -2.53. The number of hydrogen-bond acceptors (Lipinski definition) is 6. The molecule has 0 bridgehead atoms. The molecule has 0 amide bonds. The van der Waals surface area contributed by atoms with E-state index in [2.05, 4.69) is 0 Å². The van der Waals surface area contributed by atoms with Gasteiger partial charge in [-0.2, -0.15) is 13.2 Å². The van der Waals surface area contributed by atoms with Crippen LogP contribution in [0.3, 0.4) is 0 Å². The van der Waals surface area contributed by atoms with Gasteiger partial charge in [-0.15, -0.1) is 11.3 Å². The zero-order valence-corrected chi connectivity index (χ0v) is 16.9. The molecule has 2 aromatic heterocycles. The Morgan fingerprint density at radius 1 is 1.17 bits per heavy atom. The molecule has 3 aromatic rings. The number of thioether (sulfide) groups is 1. The van der Waals surface area contributed by atoms with Crippen molar-refractivity contribution < 1.29 is 36.6 Å². The first-order valence-electron chi connectivity index (χ1n) is 7.99. The number of halogens is 4. The molecule has 0 unspecified atom stereocenters. The zero-order chi connectivity index (χ0) is 21.5. The molecule has 0 saturated heterocycles. The Morgan fingerprint density at radius 3 is 2.45 bits per heavy atom. The van der Waals surface area contributed by atoms with Crippen LogP contribution in [0, 0.1) is 12.7 Å². The second kappa shape index (κ2) is 7.71. The van der Waals surface area contributed by atoms with E-state index in [0.29, 0.717) is 11.3 Å². The first-order chi connectivity index (χ1) is 13.5. The summed E-state index contributed by atoms with van der Waals surface area (Å²) in [6.07, 6.45) is 0. The molecule has 0 aliphatic rings. The molecule has 5 nitrogen and oxygen atoms in total. The highest BCUT2D eigenvalue weighted by Gasteiger charge is 2.31. The van der Waals surface area contributed by atoms with Crippen LogP contribution in [-0.4, -0.2) is 29.1 Å². The molecule has 0 radical (unpaired) electrons. The van der Waals surface area contributed by atoms with Crippen LogP contribution in [-0.2, 0) is 4.79 Å². The number of ether oxygens (including phenoxy) is 2. The summed E-state index contributed by atoms with van der Waals surface area (Å²) in [5.74, 6) is -2.49. The highest BCUT2D eigenvalue weighted by atomic mass is 32.2. The third-order valence-electron chi connectivity index (χ3n) is 3.89. The maximum atomic E-state index is 14.9. The summed E-state index contributed by atoms with van der Waals surface area (Å²) >= 11 is 0.336. The number of aromatic nitrogens is 1. The average molecular weight is 447 g/mol. The van der Waals surface area contributed by atoms with Gasteiger partial charge in [0.1, 0.15) is 0 Å². The van der Waals surface area contributed by atoms with Gasteiger partial charge in [0, 0.05) is 6.92 Å². The van der Waals surface area contributed by atoms with Gasteiger partial charge in [0.15, 0.2) is 17.3 Å². The molecule has 0 atom stereocenters. The fraction of sp³-hybridized carbons (Fsp3) is 0.222. The lowest BCUT2D eigenvalue weighted by Gasteiger charge is -2.06.